The molecule has 0 radical (unpaired) electrons. The van der Waals surface area contributed by atoms with Crippen LogP contribution in [0.15, 0.2) is 0 Å². The molecule has 0 aromatic carbocycles. The van der Waals surface area contributed by atoms with Gasteiger partial charge in [0.2, 0.25) is 0 Å². The van der Waals surface area contributed by atoms with E-state index in [2.05, 4.69) is 4.74 Å². The molecule has 1 unspecified atom stereocenters. The Bertz CT molecular complexity index is 449. The van der Waals surface area contributed by atoms with E-state index < -0.39 is 34.6 Å². The molecule has 0 aliphatic carbocycles. The first-order valence-corrected chi connectivity index (χ1v) is 7.19. The summed E-state index contributed by atoms with van der Waals surface area (Å²) in [6.45, 7) is -0.201. The van der Waals surface area contributed by atoms with Crippen LogP contribution < -0.4 is 0 Å². The van der Waals surface area contributed by atoms with Crippen LogP contribution in [0, 0.1) is 5.92 Å². The van der Waals surface area contributed by atoms with Crippen molar-refractivity contribution >= 4 is 22.1 Å². The van der Waals surface area contributed by atoms with Crippen molar-refractivity contribution in [3.63, 3.8) is 0 Å². The van der Waals surface area contributed by atoms with Gasteiger partial charge in [0.15, 0.2) is 0 Å². The number of hydrogen-bond acceptors (Lipinski definition) is 5. The van der Waals surface area contributed by atoms with Crippen LogP contribution in [0.25, 0.3) is 0 Å². The van der Waals surface area contributed by atoms with E-state index in [9.17, 15) is 18.0 Å². The van der Waals surface area contributed by atoms with Crippen molar-refractivity contribution in [3.05, 3.63) is 0 Å². The van der Waals surface area contributed by atoms with Crippen LogP contribution in [0.4, 0.5) is 0 Å². The summed E-state index contributed by atoms with van der Waals surface area (Å²) in [7, 11) is -1.40. The molecule has 1 atom stereocenters. The zero-order valence-electron chi connectivity index (χ0n) is 10.9. The molecule has 0 saturated carbocycles. The molecule has 1 rings (SSSR count). The number of piperidine rings is 1. The second-order valence-corrected chi connectivity index (χ2v) is 6.41. The Hall–Kier alpha value is -1.19. The van der Waals surface area contributed by atoms with E-state index in [-0.39, 0.29) is 13.1 Å². The molecule has 1 saturated heterocycles. The number of carboxylic acid groups (broad SMARTS) is 1. The third-order valence-corrected chi connectivity index (χ3v) is 4.93. The van der Waals surface area contributed by atoms with Gasteiger partial charge in [0, 0.05) is 20.1 Å². The van der Waals surface area contributed by atoms with E-state index in [0.29, 0.717) is 12.8 Å². The average Bonchev–Trinajstić information content (AvgIpc) is 2.38. The second-order valence-electron chi connectivity index (χ2n) is 4.38. The third kappa shape index (κ3) is 3.88. The van der Waals surface area contributed by atoms with Gasteiger partial charge in [-0.25, -0.2) is 0 Å². The van der Waals surface area contributed by atoms with E-state index in [1.54, 1.807) is 0 Å². The largest absolute Gasteiger partial charge is 0.481 e. The molecule has 0 spiro atoms. The smallest absolute Gasteiger partial charge is 0.321 e. The van der Waals surface area contributed by atoms with Crippen LogP contribution in [0.3, 0.4) is 0 Å². The Labute approximate surface area is 112 Å². The maximum atomic E-state index is 12.2. The number of likely N-dealkylation sites (N-methyl/N-ethyl adjacent to an activating group) is 1. The zero-order chi connectivity index (χ0) is 14.6. The van der Waals surface area contributed by atoms with E-state index in [1.807, 2.05) is 0 Å². The van der Waals surface area contributed by atoms with Gasteiger partial charge in [-0.2, -0.15) is 17.0 Å². The molecule has 0 aromatic rings. The molecular formula is C10H18N2O6S. The molecule has 110 valence electrons. The van der Waals surface area contributed by atoms with Gasteiger partial charge in [-0.15, -0.1) is 0 Å². The van der Waals surface area contributed by atoms with Crippen molar-refractivity contribution in [1.29, 1.82) is 0 Å². The molecule has 0 bridgehead atoms. The van der Waals surface area contributed by atoms with Crippen molar-refractivity contribution in [3.8, 4) is 0 Å². The van der Waals surface area contributed by atoms with Gasteiger partial charge in [-0.3, -0.25) is 9.59 Å². The van der Waals surface area contributed by atoms with E-state index in [0.717, 1.165) is 8.61 Å². The second kappa shape index (κ2) is 6.31. The molecular weight excluding hydrogens is 276 g/mol. The number of esters is 1. The lowest BCUT2D eigenvalue weighted by atomic mass is 10.0. The predicted molar refractivity (Wildman–Crippen MR) is 65.5 cm³/mol. The first-order chi connectivity index (χ1) is 8.78. The quantitative estimate of drug-likeness (QED) is 0.661. The lowest BCUT2D eigenvalue weighted by Crippen LogP contribution is -2.49. The molecule has 0 amide bonds. The molecule has 1 heterocycles. The highest BCUT2D eigenvalue weighted by Crippen LogP contribution is 2.20. The van der Waals surface area contributed by atoms with Crippen LogP contribution in [0.1, 0.15) is 12.8 Å². The standard InChI is InChI=1S/C10H18N2O6S/c1-11(7-9(13)18-2)19(16,17)12-5-3-4-8(6-12)10(14)15/h8H,3-7H2,1-2H3,(H,14,15). The Balaban J connectivity index is 2.76. The number of methoxy groups -OCH3 is 1. The summed E-state index contributed by atoms with van der Waals surface area (Å²) < 4.78 is 30.7. The number of ether oxygens (including phenoxy) is 1. The zero-order valence-corrected chi connectivity index (χ0v) is 11.7. The van der Waals surface area contributed by atoms with Gasteiger partial charge >= 0.3 is 11.9 Å². The van der Waals surface area contributed by atoms with E-state index >= 15 is 0 Å². The van der Waals surface area contributed by atoms with Crippen LogP contribution in [-0.4, -0.2) is 67.9 Å². The summed E-state index contributed by atoms with van der Waals surface area (Å²) >= 11 is 0. The Morgan fingerprint density at radius 1 is 1.47 bits per heavy atom. The van der Waals surface area contributed by atoms with Crippen molar-refractivity contribution in [2.75, 3.05) is 33.8 Å². The van der Waals surface area contributed by atoms with Gasteiger partial charge < -0.3 is 9.84 Å². The fourth-order valence-corrected chi connectivity index (χ4v) is 3.27. The minimum absolute atomic E-state index is 0.0663. The molecule has 1 aliphatic rings. The van der Waals surface area contributed by atoms with Crippen molar-refractivity contribution in [2.24, 2.45) is 5.92 Å². The minimum Gasteiger partial charge on any atom is -0.481 e. The number of nitrogens with zero attached hydrogens (tertiary/aromatic N) is 2. The number of carbonyl (C=O) groups is 2. The maximum absolute atomic E-state index is 12.2. The van der Waals surface area contributed by atoms with E-state index in [1.165, 1.54) is 14.2 Å². The highest BCUT2D eigenvalue weighted by Gasteiger charge is 2.35. The summed E-state index contributed by atoms with van der Waals surface area (Å²) in [5.41, 5.74) is 0. The summed E-state index contributed by atoms with van der Waals surface area (Å²) in [5, 5.41) is 8.93. The fourth-order valence-electron chi connectivity index (χ4n) is 1.88. The monoisotopic (exact) mass is 294 g/mol. The van der Waals surface area contributed by atoms with Crippen molar-refractivity contribution in [2.45, 2.75) is 12.8 Å². The number of carboxylic acids is 1. The fraction of sp³-hybridized carbons (Fsp3) is 0.800. The summed E-state index contributed by atoms with van der Waals surface area (Å²) in [4.78, 5) is 22.0. The number of carbonyl (C=O) groups excluding carboxylic acids is 1. The summed E-state index contributed by atoms with van der Waals surface area (Å²) in [6.07, 6.45) is 0.949. The molecule has 1 N–H and O–H groups in total. The average molecular weight is 294 g/mol. The maximum Gasteiger partial charge on any atom is 0.321 e. The van der Waals surface area contributed by atoms with Crippen LogP contribution in [0.5, 0.6) is 0 Å². The highest BCUT2D eigenvalue weighted by molar-refractivity contribution is 7.86. The first kappa shape index (κ1) is 15.9. The topological polar surface area (TPSA) is 104 Å². The lowest BCUT2D eigenvalue weighted by molar-refractivity contribution is -0.143. The Morgan fingerprint density at radius 3 is 2.63 bits per heavy atom. The van der Waals surface area contributed by atoms with Gasteiger partial charge in [-0.1, -0.05) is 0 Å². The summed E-state index contributed by atoms with van der Waals surface area (Å²) in [5.74, 6) is -2.37. The SMILES string of the molecule is COC(=O)CN(C)S(=O)(=O)N1CCCC(C(=O)O)C1. The van der Waals surface area contributed by atoms with Gasteiger partial charge in [0.1, 0.15) is 6.54 Å². The number of aliphatic carboxylic acids is 1. The number of rotatable bonds is 5. The summed E-state index contributed by atoms with van der Waals surface area (Å²) in [6, 6.07) is 0. The predicted octanol–water partition coefficient (Wildman–Crippen LogP) is -0.867. The van der Waals surface area contributed by atoms with Crippen molar-refractivity contribution in [1.82, 2.24) is 8.61 Å². The van der Waals surface area contributed by atoms with Gasteiger partial charge in [0.25, 0.3) is 10.2 Å². The molecule has 1 fully saturated rings. The Morgan fingerprint density at radius 2 is 2.11 bits per heavy atom. The van der Waals surface area contributed by atoms with Crippen LogP contribution >= 0.6 is 0 Å². The lowest BCUT2D eigenvalue weighted by Gasteiger charge is -2.32. The first-order valence-electron chi connectivity index (χ1n) is 5.80. The molecule has 0 aromatic heterocycles. The van der Waals surface area contributed by atoms with Crippen LogP contribution in [-0.2, 0) is 24.5 Å². The van der Waals surface area contributed by atoms with Crippen molar-refractivity contribution < 1.29 is 27.9 Å². The number of hydrogen-bond donors (Lipinski definition) is 1. The molecule has 1 aliphatic heterocycles. The normalized spacial score (nSPS) is 21.3. The molecule has 8 nitrogen and oxygen atoms in total. The molecule has 9 heteroatoms. The van der Waals surface area contributed by atoms with Gasteiger partial charge in [-0.05, 0) is 12.8 Å². The van der Waals surface area contributed by atoms with Gasteiger partial charge in [0.05, 0.1) is 13.0 Å². The minimum atomic E-state index is -3.83. The van der Waals surface area contributed by atoms with Crippen LogP contribution in [0.2, 0.25) is 0 Å². The molecule has 19 heavy (non-hydrogen) atoms. The third-order valence-electron chi connectivity index (χ3n) is 3.03. The highest BCUT2D eigenvalue weighted by atomic mass is 32.2. The van der Waals surface area contributed by atoms with E-state index in [4.69, 9.17) is 5.11 Å². The Kier molecular flexibility index (Phi) is 5.27.